The molecule has 6 heteroatoms. The molecule has 2 aromatic heterocycles. The van der Waals surface area contributed by atoms with E-state index < -0.39 is 0 Å². The Hall–Kier alpha value is -1.71. The second kappa shape index (κ2) is 6.06. The van der Waals surface area contributed by atoms with Gasteiger partial charge in [-0.2, -0.15) is 5.26 Å². The van der Waals surface area contributed by atoms with Crippen LogP contribution in [0.25, 0.3) is 10.2 Å². The summed E-state index contributed by atoms with van der Waals surface area (Å²) in [7, 11) is 0. The number of quaternary nitrogens is 1. The summed E-state index contributed by atoms with van der Waals surface area (Å²) < 4.78 is 0. The van der Waals surface area contributed by atoms with Crippen LogP contribution in [0, 0.1) is 17.2 Å². The third kappa shape index (κ3) is 2.68. The van der Waals surface area contributed by atoms with Gasteiger partial charge in [0, 0.05) is 4.88 Å². The molecule has 120 valence electrons. The molecule has 5 nitrogen and oxygen atoms in total. The lowest BCUT2D eigenvalue weighted by atomic mass is 9.88. The fourth-order valence-electron chi connectivity index (χ4n) is 3.83. The molecule has 0 bridgehead atoms. The molecule has 0 amide bonds. The molecule has 0 spiro atoms. The SMILES string of the molecule is C[C@H]1CCc2sc3ncnc(N4CC[NH+](CC#N)CC4)c3c2C1. The molecule has 23 heavy (non-hydrogen) atoms. The largest absolute Gasteiger partial charge is 0.345 e. The molecule has 2 aliphatic rings. The maximum atomic E-state index is 8.87. The fourth-order valence-corrected chi connectivity index (χ4v) is 5.01. The van der Waals surface area contributed by atoms with Crippen LogP contribution in [0.2, 0.25) is 0 Å². The normalized spacial score (nSPS) is 22.1. The molecule has 0 unspecified atom stereocenters. The van der Waals surface area contributed by atoms with Crippen molar-refractivity contribution in [1.82, 2.24) is 9.97 Å². The number of aryl methyl sites for hydroxylation is 1. The second-order valence-electron chi connectivity index (χ2n) is 6.80. The van der Waals surface area contributed by atoms with Crippen molar-refractivity contribution in [2.45, 2.75) is 26.2 Å². The minimum Gasteiger partial charge on any atom is -0.345 e. The number of fused-ring (bicyclic) bond motifs is 3. The van der Waals surface area contributed by atoms with Gasteiger partial charge in [0.05, 0.1) is 31.6 Å². The Labute approximate surface area is 140 Å². The molecule has 3 heterocycles. The number of anilines is 1. The lowest BCUT2D eigenvalue weighted by Crippen LogP contribution is -3.14. The molecule has 0 aromatic carbocycles. The first-order valence-corrected chi connectivity index (χ1v) is 9.28. The summed E-state index contributed by atoms with van der Waals surface area (Å²) in [6.07, 6.45) is 5.36. The van der Waals surface area contributed by atoms with Gasteiger partial charge in [-0.15, -0.1) is 11.3 Å². The Bertz CT molecular complexity index is 754. The van der Waals surface area contributed by atoms with Gasteiger partial charge < -0.3 is 9.80 Å². The van der Waals surface area contributed by atoms with Crippen LogP contribution >= 0.6 is 11.3 Å². The van der Waals surface area contributed by atoms with E-state index in [1.54, 1.807) is 6.33 Å². The minimum atomic E-state index is 0.610. The molecular weight excluding hydrogens is 306 g/mol. The molecule has 1 N–H and O–H groups in total. The third-order valence-corrected chi connectivity index (χ3v) is 6.37. The number of rotatable bonds is 2. The summed E-state index contributed by atoms with van der Waals surface area (Å²) in [5.74, 6) is 1.88. The molecule has 0 radical (unpaired) electrons. The Morgan fingerprint density at radius 1 is 1.39 bits per heavy atom. The van der Waals surface area contributed by atoms with E-state index in [1.807, 2.05) is 11.3 Å². The van der Waals surface area contributed by atoms with E-state index in [4.69, 9.17) is 5.26 Å². The zero-order valence-electron chi connectivity index (χ0n) is 13.5. The number of hydrogen-bond donors (Lipinski definition) is 1. The van der Waals surface area contributed by atoms with Gasteiger partial charge in [-0.1, -0.05) is 6.92 Å². The number of nitrogens with zero attached hydrogens (tertiary/aromatic N) is 4. The van der Waals surface area contributed by atoms with Crippen molar-refractivity contribution >= 4 is 27.4 Å². The lowest BCUT2D eigenvalue weighted by Gasteiger charge is -2.32. The van der Waals surface area contributed by atoms with Crippen molar-refractivity contribution in [3.05, 3.63) is 16.8 Å². The predicted molar refractivity (Wildman–Crippen MR) is 92.0 cm³/mol. The highest BCUT2D eigenvalue weighted by Crippen LogP contribution is 2.40. The van der Waals surface area contributed by atoms with Crippen molar-refractivity contribution in [2.75, 3.05) is 37.6 Å². The van der Waals surface area contributed by atoms with Gasteiger partial charge >= 0.3 is 0 Å². The Balaban J connectivity index is 1.68. The Morgan fingerprint density at radius 2 is 2.22 bits per heavy atom. The van der Waals surface area contributed by atoms with Crippen LogP contribution in [0.3, 0.4) is 0 Å². The number of nitriles is 1. The predicted octanol–water partition coefficient (Wildman–Crippen LogP) is 1.04. The summed E-state index contributed by atoms with van der Waals surface area (Å²) in [4.78, 5) is 15.7. The first-order chi connectivity index (χ1) is 11.3. The van der Waals surface area contributed by atoms with Crippen LogP contribution in [-0.4, -0.2) is 42.7 Å². The quantitative estimate of drug-likeness (QED) is 0.837. The van der Waals surface area contributed by atoms with Gasteiger partial charge in [0.25, 0.3) is 0 Å². The van der Waals surface area contributed by atoms with Crippen LogP contribution in [-0.2, 0) is 12.8 Å². The molecule has 0 saturated carbocycles. The van der Waals surface area contributed by atoms with Gasteiger partial charge in [-0.05, 0) is 30.7 Å². The minimum absolute atomic E-state index is 0.610. The van der Waals surface area contributed by atoms with Crippen molar-refractivity contribution in [3.63, 3.8) is 0 Å². The van der Waals surface area contributed by atoms with Crippen molar-refractivity contribution in [2.24, 2.45) is 5.92 Å². The zero-order chi connectivity index (χ0) is 15.8. The van der Waals surface area contributed by atoms with Crippen LogP contribution < -0.4 is 9.80 Å². The van der Waals surface area contributed by atoms with E-state index in [9.17, 15) is 0 Å². The van der Waals surface area contributed by atoms with Crippen LogP contribution in [0.5, 0.6) is 0 Å². The van der Waals surface area contributed by atoms with E-state index in [2.05, 4.69) is 27.9 Å². The van der Waals surface area contributed by atoms with E-state index in [1.165, 1.54) is 33.6 Å². The second-order valence-corrected chi connectivity index (χ2v) is 7.88. The highest BCUT2D eigenvalue weighted by Gasteiger charge is 2.27. The fraction of sp³-hybridized carbons (Fsp3) is 0.588. The molecular formula is C17H22N5S+. The van der Waals surface area contributed by atoms with Crippen molar-refractivity contribution < 1.29 is 4.90 Å². The summed E-state index contributed by atoms with van der Waals surface area (Å²) in [6, 6.07) is 2.28. The van der Waals surface area contributed by atoms with E-state index in [-0.39, 0.29) is 0 Å². The standard InChI is InChI=1S/C17H21N5S/c1-12-2-3-14-13(10-12)15-16(19-11-20-17(15)23-14)22-8-6-21(5-4-18)7-9-22/h11-12H,2-3,5-10H2,1H3/p+1/t12-/m0/s1. The van der Waals surface area contributed by atoms with Crippen LogP contribution in [0.1, 0.15) is 23.8 Å². The number of hydrogen-bond acceptors (Lipinski definition) is 5. The monoisotopic (exact) mass is 328 g/mol. The topological polar surface area (TPSA) is 57.2 Å². The lowest BCUT2D eigenvalue weighted by molar-refractivity contribution is -0.893. The van der Waals surface area contributed by atoms with Crippen molar-refractivity contribution in [3.8, 4) is 6.07 Å². The van der Waals surface area contributed by atoms with Gasteiger partial charge in [0.1, 0.15) is 23.0 Å². The van der Waals surface area contributed by atoms with Gasteiger partial charge in [-0.25, -0.2) is 9.97 Å². The number of thiophene rings is 1. The number of nitrogens with one attached hydrogen (secondary N) is 1. The maximum absolute atomic E-state index is 8.87. The van der Waals surface area contributed by atoms with Crippen molar-refractivity contribution in [1.29, 1.82) is 5.26 Å². The molecule has 1 aliphatic heterocycles. The van der Waals surface area contributed by atoms with Gasteiger partial charge in [-0.3, -0.25) is 0 Å². The Morgan fingerprint density at radius 3 is 3.00 bits per heavy atom. The zero-order valence-corrected chi connectivity index (χ0v) is 14.3. The average Bonchev–Trinajstić information content (AvgIpc) is 2.94. The first kappa shape index (κ1) is 14.9. The Kier molecular flexibility index (Phi) is 3.92. The maximum Gasteiger partial charge on any atom is 0.165 e. The summed E-state index contributed by atoms with van der Waals surface area (Å²) in [5.41, 5.74) is 1.51. The van der Waals surface area contributed by atoms with E-state index in [0.717, 1.165) is 49.2 Å². The molecule has 1 saturated heterocycles. The molecule has 1 fully saturated rings. The van der Waals surface area contributed by atoms with Crippen LogP contribution in [0.4, 0.5) is 5.82 Å². The highest BCUT2D eigenvalue weighted by molar-refractivity contribution is 7.19. The number of piperazine rings is 1. The molecule has 4 rings (SSSR count). The molecule has 2 aromatic rings. The summed E-state index contributed by atoms with van der Waals surface area (Å²) in [5, 5.41) is 10.2. The van der Waals surface area contributed by atoms with E-state index in [0.29, 0.717) is 6.54 Å². The summed E-state index contributed by atoms with van der Waals surface area (Å²) in [6.45, 7) is 6.94. The number of aromatic nitrogens is 2. The average molecular weight is 328 g/mol. The first-order valence-electron chi connectivity index (χ1n) is 8.47. The highest BCUT2D eigenvalue weighted by atomic mass is 32.1. The van der Waals surface area contributed by atoms with Crippen LogP contribution in [0.15, 0.2) is 6.33 Å². The van der Waals surface area contributed by atoms with Gasteiger partial charge in [0.15, 0.2) is 6.54 Å². The van der Waals surface area contributed by atoms with E-state index >= 15 is 0 Å². The smallest absolute Gasteiger partial charge is 0.165 e. The third-order valence-electron chi connectivity index (χ3n) is 5.17. The summed E-state index contributed by atoms with van der Waals surface area (Å²) >= 11 is 1.86. The molecule has 1 atom stereocenters. The van der Waals surface area contributed by atoms with Gasteiger partial charge in [0.2, 0.25) is 0 Å². The molecule has 1 aliphatic carbocycles.